The maximum absolute atomic E-state index is 13.8. The molecule has 3 rings (SSSR count). The van der Waals surface area contributed by atoms with Gasteiger partial charge in [-0.05, 0) is 0 Å². The summed E-state index contributed by atoms with van der Waals surface area (Å²) in [6.07, 6.45) is 4.00. The quantitative estimate of drug-likeness (QED) is 0.754. The maximum atomic E-state index is 13.8. The second kappa shape index (κ2) is 5.52. The number of aromatic amines is 1. The molecule has 0 amide bonds. The minimum atomic E-state index is -1.34. The number of hydrogen-bond acceptors (Lipinski definition) is 5. The average Bonchev–Trinajstić information content (AvgIpc) is 2.49. The van der Waals surface area contributed by atoms with Crippen LogP contribution in [-0.4, -0.2) is 25.0 Å². The van der Waals surface area contributed by atoms with Crippen molar-refractivity contribution in [3.05, 3.63) is 58.5 Å². The Labute approximate surface area is 126 Å². The SMILES string of the molecule is O=c1[nH]c(-c2cnccn2)nc(O)c1-c1c(F)cc(F)cc1F. The normalized spacial score (nSPS) is 10.7. The van der Waals surface area contributed by atoms with Gasteiger partial charge in [0.15, 0.2) is 5.82 Å². The molecule has 0 spiro atoms. The Kier molecular flexibility index (Phi) is 3.53. The smallest absolute Gasteiger partial charge is 0.263 e. The van der Waals surface area contributed by atoms with Gasteiger partial charge in [0.25, 0.3) is 5.56 Å². The third-order valence-electron chi connectivity index (χ3n) is 2.96. The molecule has 1 aromatic carbocycles. The largest absolute Gasteiger partial charge is 0.493 e. The molecule has 2 aromatic heterocycles. The van der Waals surface area contributed by atoms with Gasteiger partial charge in [0, 0.05) is 24.5 Å². The third-order valence-corrected chi connectivity index (χ3v) is 2.96. The van der Waals surface area contributed by atoms with Gasteiger partial charge in [0.1, 0.15) is 28.7 Å². The summed E-state index contributed by atoms with van der Waals surface area (Å²) in [6.45, 7) is 0. The molecule has 0 unspecified atom stereocenters. The van der Waals surface area contributed by atoms with Gasteiger partial charge in [-0.25, -0.2) is 18.2 Å². The Morgan fingerprint density at radius 2 is 1.74 bits per heavy atom. The van der Waals surface area contributed by atoms with E-state index in [4.69, 9.17) is 0 Å². The highest BCUT2D eigenvalue weighted by atomic mass is 19.1. The Morgan fingerprint density at radius 3 is 2.30 bits per heavy atom. The highest BCUT2D eigenvalue weighted by Gasteiger charge is 2.22. The molecule has 0 radical (unpaired) electrons. The lowest BCUT2D eigenvalue weighted by Gasteiger charge is -2.08. The number of nitrogens with zero attached hydrogens (tertiary/aromatic N) is 3. The minimum Gasteiger partial charge on any atom is -0.493 e. The number of aromatic hydroxyl groups is 1. The molecule has 0 fully saturated rings. The van der Waals surface area contributed by atoms with E-state index in [2.05, 4.69) is 19.9 Å². The number of benzene rings is 1. The highest BCUT2D eigenvalue weighted by molar-refractivity contribution is 5.69. The van der Waals surface area contributed by atoms with E-state index in [1.807, 2.05) is 0 Å². The summed E-state index contributed by atoms with van der Waals surface area (Å²) in [5, 5.41) is 9.90. The lowest BCUT2D eigenvalue weighted by atomic mass is 10.1. The van der Waals surface area contributed by atoms with Crippen molar-refractivity contribution >= 4 is 0 Å². The second-order valence-corrected chi connectivity index (χ2v) is 4.45. The first kappa shape index (κ1) is 14.7. The van der Waals surface area contributed by atoms with E-state index in [9.17, 15) is 23.1 Å². The first-order chi connectivity index (χ1) is 11.0. The molecule has 0 aliphatic heterocycles. The lowest BCUT2D eigenvalue weighted by molar-refractivity contribution is 0.452. The van der Waals surface area contributed by atoms with Gasteiger partial charge in [-0.15, -0.1) is 0 Å². The number of halogens is 3. The van der Waals surface area contributed by atoms with Crippen molar-refractivity contribution in [2.45, 2.75) is 0 Å². The van der Waals surface area contributed by atoms with Crippen LogP contribution in [0.1, 0.15) is 0 Å². The van der Waals surface area contributed by atoms with Crippen LogP contribution in [-0.2, 0) is 0 Å². The molecule has 2 N–H and O–H groups in total. The van der Waals surface area contributed by atoms with E-state index < -0.39 is 40.0 Å². The van der Waals surface area contributed by atoms with Crippen LogP contribution in [0.2, 0.25) is 0 Å². The summed E-state index contributed by atoms with van der Waals surface area (Å²) in [4.78, 5) is 25.6. The van der Waals surface area contributed by atoms with E-state index >= 15 is 0 Å². The van der Waals surface area contributed by atoms with Crippen LogP contribution in [0.3, 0.4) is 0 Å². The highest BCUT2D eigenvalue weighted by Crippen LogP contribution is 2.30. The number of rotatable bonds is 2. The van der Waals surface area contributed by atoms with Crippen molar-refractivity contribution in [2.24, 2.45) is 0 Å². The van der Waals surface area contributed by atoms with E-state index in [1.54, 1.807) is 0 Å². The van der Waals surface area contributed by atoms with Gasteiger partial charge < -0.3 is 10.1 Å². The molecule has 2 heterocycles. The number of hydrogen-bond donors (Lipinski definition) is 2. The van der Waals surface area contributed by atoms with Gasteiger partial charge >= 0.3 is 0 Å². The van der Waals surface area contributed by atoms with Gasteiger partial charge in [0.05, 0.1) is 11.8 Å². The van der Waals surface area contributed by atoms with Crippen molar-refractivity contribution in [1.29, 1.82) is 0 Å². The molecule has 6 nitrogen and oxygen atoms in total. The summed E-state index contributed by atoms with van der Waals surface area (Å²) in [7, 11) is 0. The molecular formula is C14H7F3N4O2. The molecule has 0 aliphatic rings. The van der Waals surface area contributed by atoms with Crippen LogP contribution >= 0.6 is 0 Å². The Morgan fingerprint density at radius 1 is 1.04 bits per heavy atom. The lowest BCUT2D eigenvalue weighted by Crippen LogP contribution is -2.14. The zero-order chi connectivity index (χ0) is 16.6. The van der Waals surface area contributed by atoms with Gasteiger partial charge in [-0.3, -0.25) is 9.78 Å². The van der Waals surface area contributed by atoms with Crippen molar-refractivity contribution in [3.8, 4) is 28.5 Å². The Hall–Kier alpha value is -3.23. The fourth-order valence-electron chi connectivity index (χ4n) is 2.01. The molecule has 9 heteroatoms. The zero-order valence-corrected chi connectivity index (χ0v) is 11.2. The van der Waals surface area contributed by atoms with E-state index in [0.29, 0.717) is 12.1 Å². The number of aromatic nitrogens is 4. The molecule has 0 aliphatic carbocycles. The molecule has 0 bridgehead atoms. The first-order valence-corrected chi connectivity index (χ1v) is 6.22. The summed E-state index contributed by atoms with van der Waals surface area (Å²) < 4.78 is 40.5. The monoisotopic (exact) mass is 320 g/mol. The predicted molar refractivity (Wildman–Crippen MR) is 72.9 cm³/mol. The van der Waals surface area contributed by atoms with Crippen LogP contribution < -0.4 is 5.56 Å². The van der Waals surface area contributed by atoms with Crippen LogP contribution in [0.25, 0.3) is 22.6 Å². The van der Waals surface area contributed by atoms with Crippen molar-refractivity contribution in [3.63, 3.8) is 0 Å². The zero-order valence-electron chi connectivity index (χ0n) is 11.2. The molecular weight excluding hydrogens is 313 g/mol. The topological polar surface area (TPSA) is 91.8 Å². The first-order valence-electron chi connectivity index (χ1n) is 6.22. The van der Waals surface area contributed by atoms with Crippen molar-refractivity contribution in [2.75, 3.05) is 0 Å². The van der Waals surface area contributed by atoms with Crippen LogP contribution in [0.15, 0.2) is 35.5 Å². The van der Waals surface area contributed by atoms with E-state index in [-0.39, 0.29) is 11.5 Å². The predicted octanol–water partition coefficient (Wildman–Crippen LogP) is 2.02. The van der Waals surface area contributed by atoms with Crippen LogP contribution in [0, 0.1) is 17.5 Å². The number of nitrogens with one attached hydrogen (secondary N) is 1. The molecule has 116 valence electrons. The van der Waals surface area contributed by atoms with Crippen molar-refractivity contribution in [1.82, 2.24) is 19.9 Å². The van der Waals surface area contributed by atoms with E-state index in [1.165, 1.54) is 18.6 Å². The molecule has 0 saturated heterocycles. The Balaban J connectivity index is 2.22. The molecule has 0 atom stereocenters. The fraction of sp³-hybridized carbons (Fsp3) is 0. The standard InChI is InChI=1S/C14H7F3N4O2/c15-6-3-7(16)10(8(17)4-6)11-13(22)20-12(21-14(11)23)9-5-18-1-2-19-9/h1-5H,(H2,20,21,22,23). The van der Waals surface area contributed by atoms with Crippen LogP contribution in [0.5, 0.6) is 5.88 Å². The minimum absolute atomic E-state index is 0.132. The molecule has 23 heavy (non-hydrogen) atoms. The average molecular weight is 320 g/mol. The van der Waals surface area contributed by atoms with Gasteiger partial charge in [-0.1, -0.05) is 0 Å². The molecule has 0 saturated carbocycles. The van der Waals surface area contributed by atoms with E-state index in [0.717, 1.165) is 0 Å². The number of H-pyrrole nitrogens is 1. The fourth-order valence-corrected chi connectivity index (χ4v) is 2.01. The van der Waals surface area contributed by atoms with Crippen molar-refractivity contribution < 1.29 is 18.3 Å². The van der Waals surface area contributed by atoms with Crippen LogP contribution in [0.4, 0.5) is 13.2 Å². The summed E-state index contributed by atoms with van der Waals surface area (Å²) >= 11 is 0. The summed E-state index contributed by atoms with van der Waals surface area (Å²) in [5.74, 6) is -4.87. The van der Waals surface area contributed by atoms with Gasteiger partial charge in [-0.2, -0.15) is 4.98 Å². The molecule has 3 aromatic rings. The summed E-state index contributed by atoms with van der Waals surface area (Å²) in [5.41, 5.74) is -2.48. The summed E-state index contributed by atoms with van der Waals surface area (Å²) in [6, 6.07) is 0.793. The second-order valence-electron chi connectivity index (χ2n) is 4.45. The Bertz CT molecular complexity index is 921. The van der Waals surface area contributed by atoms with Gasteiger partial charge in [0.2, 0.25) is 5.88 Å². The maximum Gasteiger partial charge on any atom is 0.263 e. The third kappa shape index (κ3) is 2.63.